The van der Waals surface area contributed by atoms with Crippen LogP contribution in [0.25, 0.3) is 0 Å². The van der Waals surface area contributed by atoms with E-state index in [0.29, 0.717) is 12.6 Å². The molecular formula is C21H28N4O3. The molecule has 150 valence electrons. The van der Waals surface area contributed by atoms with Crippen LogP contribution in [-0.4, -0.2) is 52.9 Å². The number of anilines is 1. The number of nitrogens with zero attached hydrogens (tertiary/aromatic N) is 4. The molecule has 0 amide bonds. The van der Waals surface area contributed by atoms with Crippen LogP contribution in [0.3, 0.4) is 0 Å². The molecule has 0 saturated carbocycles. The van der Waals surface area contributed by atoms with Gasteiger partial charge < -0.3 is 9.47 Å². The second-order valence-corrected chi connectivity index (χ2v) is 7.71. The van der Waals surface area contributed by atoms with Crippen molar-refractivity contribution >= 4 is 17.2 Å². The van der Waals surface area contributed by atoms with Crippen molar-refractivity contribution < 1.29 is 9.72 Å². The summed E-state index contributed by atoms with van der Waals surface area (Å²) in [5.41, 5.74) is 4.08. The molecule has 0 N–H and O–H groups in total. The highest BCUT2D eigenvalue weighted by atomic mass is 16.6. The Morgan fingerprint density at radius 1 is 1.11 bits per heavy atom. The lowest BCUT2D eigenvalue weighted by Gasteiger charge is -2.35. The summed E-state index contributed by atoms with van der Waals surface area (Å²) in [5.74, 6) is 0.170. The molecule has 0 radical (unpaired) electrons. The Morgan fingerprint density at radius 3 is 2.21 bits per heavy atom. The van der Waals surface area contributed by atoms with Gasteiger partial charge in [-0.05, 0) is 45.9 Å². The predicted molar refractivity (Wildman–Crippen MR) is 110 cm³/mol. The van der Waals surface area contributed by atoms with Crippen molar-refractivity contribution in [1.82, 2.24) is 9.47 Å². The third-order valence-corrected chi connectivity index (χ3v) is 5.47. The van der Waals surface area contributed by atoms with Crippen LogP contribution in [0, 0.1) is 24.0 Å². The highest BCUT2D eigenvalue weighted by Gasteiger charge is 2.23. The standard InChI is InChI=1S/C21H28N4O3/c1-15(2)24-16(3)13-20(17(24)4)21(26)14-22-9-11-23(12-10-22)18-5-7-19(8-6-18)25(27)28/h5-8,13,15H,9-12,14H2,1-4H3. The number of Topliss-reactive ketones (excluding diaryl/α,β-unsaturated/α-hetero) is 1. The van der Waals surface area contributed by atoms with Crippen LogP contribution in [0.2, 0.25) is 0 Å². The van der Waals surface area contributed by atoms with Crippen LogP contribution in [0.4, 0.5) is 11.4 Å². The van der Waals surface area contributed by atoms with Crippen molar-refractivity contribution in [3.63, 3.8) is 0 Å². The number of nitro benzene ring substituents is 1. The fraction of sp³-hybridized carbons (Fsp3) is 0.476. The Hall–Kier alpha value is -2.67. The summed E-state index contributed by atoms with van der Waals surface area (Å²) < 4.78 is 2.21. The quantitative estimate of drug-likeness (QED) is 0.432. The minimum atomic E-state index is -0.385. The number of ketones is 1. The first kappa shape index (κ1) is 20.1. The lowest BCUT2D eigenvalue weighted by atomic mass is 10.1. The number of piperazine rings is 1. The molecule has 0 aliphatic carbocycles. The van der Waals surface area contributed by atoms with Gasteiger partial charge in [-0.25, -0.2) is 0 Å². The molecule has 3 rings (SSSR count). The molecule has 0 spiro atoms. The van der Waals surface area contributed by atoms with Gasteiger partial charge in [0.15, 0.2) is 5.78 Å². The lowest BCUT2D eigenvalue weighted by Crippen LogP contribution is -2.48. The molecule has 0 atom stereocenters. The third-order valence-electron chi connectivity index (χ3n) is 5.47. The molecule has 2 aromatic rings. The molecule has 1 aromatic carbocycles. The summed E-state index contributed by atoms with van der Waals surface area (Å²) in [7, 11) is 0. The monoisotopic (exact) mass is 384 g/mol. The van der Waals surface area contributed by atoms with Gasteiger partial charge in [-0.3, -0.25) is 19.8 Å². The molecule has 1 aliphatic heterocycles. The largest absolute Gasteiger partial charge is 0.369 e. The summed E-state index contributed by atoms with van der Waals surface area (Å²) in [6.07, 6.45) is 0. The molecule has 2 heterocycles. The highest BCUT2D eigenvalue weighted by molar-refractivity contribution is 5.99. The van der Waals surface area contributed by atoms with E-state index in [1.165, 1.54) is 12.1 Å². The van der Waals surface area contributed by atoms with Gasteiger partial charge >= 0.3 is 0 Å². The van der Waals surface area contributed by atoms with Gasteiger partial charge in [-0.15, -0.1) is 0 Å². The second-order valence-electron chi connectivity index (χ2n) is 7.71. The molecule has 1 aliphatic rings. The number of hydrogen-bond donors (Lipinski definition) is 0. The normalized spacial score (nSPS) is 15.2. The number of benzene rings is 1. The topological polar surface area (TPSA) is 71.6 Å². The van der Waals surface area contributed by atoms with Crippen LogP contribution < -0.4 is 4.90 Å². The molecule has 7 heteroatoms. The Labute approximate surface area is 165 Å². The first-order valence-electron chi connectivity index (χ1n) is 9.71. The van der Waals surface area contributed by atoms with Gasteiger partial charge in [0, 0.05) is 67.0 Å². The van der Waals surface area contributed by atoms with E-state index in [-0.39, 0.29) is 16.4 Å². The first-order chi connectivity index (χ1) is 13.3. The summed E-state index contributed by atoms with van der Waals surface area (Å²) in [6, 6.07) is 9.00. The Kier molecular flexibility index (Phi) is 5.84. The fourth-order valence-corrected chi connectivity index (χ4v) is 4.09. The Morgan fingerprint density at radius 2 is 1.71 bits per heavy atom. The molecule has 1 fully saturated rings. The third kappa shape index (κ3) is 4.09. The summed E-state index contributed by atoms with van der Waals surface area (Å²) in [4.78, 5) is 27.6. The minimum Gasteiger partial charge on any atom is -0.369 e. The van der Waals surface area contributed by atoms with Gasteiger partial charge in [-0.2, -0.15) is 0 Å². The van der Waals surface area contributed by atoms with Gasteiger partial charge in [0.25, 0.3) is 5.69 Å². The van der Waals surface area contributed by atoms with E-state index in [9.17, 15) is 14.9 Å². The maximum absolute atomic E-state index is 12.8. The van der Waals surface area contributed by atoms with Crippen molar-refractivity contribution in [3.8, 4) is 0 Å². The van der Waals surface area contributed by atoms with Crippen molar-refractivity contribution in [2.75, 3.05) is 37.6 Å². The molecular weight excluding hydrogens is 356 g/mol. The molecule has 1 saturated heterocycles. The summed E-state index contributed by atoms with van der Waals surface area (Å²) in [6.45, 7) is 12.0. The number of aryl methyl sites for hydroxylation is 1. The van der Waals surface area contributed by atoms with E-state index in [1.54, 1.807) is 12.1 Å². The molecule has 0 bridgehead atoms. The van der Waals surface area contributed by atoms with Crippen LogP contribution >= 0.6 is 0 Å². The van der Waals surface area contributed by atoms with Gasteiger partial charge in [0.1, 0.15) is 0 Å². The Balaban J connectivity index is 1.59. The van der Waals surface area contributed by atoms with Crippen molar-refractivity contribution in [3.05, 3.63) is 57.4 Å². The average Bonchev–Trinajstić information content (AvgIpc) is 2.97. The number of nitro groups is 1. The molecule has 1 aromatic heterocycles. The van der Waals surface area contributed by atoms with Crippen LogP contribution in [-0.2, 0) is 0 Å². The molecule has 7 nitrogen and oxygen atoms in total. The van der Waals surface area contributed by atoms with E-state index >= 15 is 0 Å². The molecule has 0 unspecified atom stereocenters. The summed E-state index contributed by atoms with van der Waals surface area (Å²) >= 11 is 0. The lowest BCUT2D eigenvalue weighted by molar-refractivity contribution is -0.384. The zero-order valence-electron chi connectivity index (χ0n) is 17.0. The smallest absolute Gasteiger partial charge is 0.269 e. The van der Waals surface area contributed by atoms with Gasteiger partial charge in [0.2, 0.25) is 0 Å². The molecule has 28 heavy (non-hydrogen) atoms. The zero-order valence-corrected chi connectivity index (χ0v) is 17.0. The number of hydrogen-bond acceptors (Lipinski definition) is 5. The van der Waals surface area contributed by atoms with E-state index in [2.05, 4.69) is 28.2 Å². The highest BCUT2D eigenvalue weighted by Crippen LogP contribution is 2.22. The Bertz CT molecular complexity index is 863. The maximum Gasteiger partial charge on any atom is 0.269 e. The number of aromatic nitrogens is 1. The minimum absolute atomic E-state index is 0.104. The number of rotatable bonds is 6. The number of carbonyl (C=O) groups excluding carboxylic acids is 1. The van der Waals surface area contributed by atoms with Crippen LogP contribution in [0.1, 0.15) is 41.6 Å². The van der Waals surface area contributed by atoms with Crippen molar-refractivity contribution in [2.45, 2.75) is 33.7 Å². The second kappa shape index (κ2) is 8.14. The summed E-state index contributed by atoms with van der Waals surface area (Å²) in [5, 5.41) is 10.8. The SMILES string of the molecule is Cc1cc(C(=O)CN2CCN(c3ccc([N+](=O)[O-])cc3)CC2)c(C)n1C(C)C. The fourth-order valence-electron chi connectivity index (χ4n) is 4.09. The van der Waals surface area contributed by atoms with Crippen LogP contribution in [0.5, 0.6) is 0 Å². The first-order valence-corrected chi connectivity index (χ1v) is 9.71. The van der Waals surface area contributed by atoms with Crippen molar-refractivity contribution in [1.29, 1.82) is 0 Å². The van der Waals surface area contributed by atoms with Crippen molar-refractivity contribution in [2.24, 2.45) is 0 Å². The van der Waals surface area contributed by atoms with E-state index < -0.39 is 0 Å². The number of carbonyl (C=O) groups is 1. The van der Waals surface area contributed by atoms with E-state index in [0.717, 1.165) is 48.8 Å². The average molecular weight is 384 g/mol. The maximum atomic E-state index is 12.8. The van der Waals surface area contributed by atoms with Crippen LogP contribution in [0.15, 0.2) is 30.3 Å². The van der Waals surface area contributed by atoms with E-state index in [4.69, 9.17) is 0 Å². The van der Waals surface area contributed by atoms with Gasteiger partial charge in [-0.1, -0.05) is 0 Å². The predicted octanol–water partition coefficient (Wildman–Crippen LogP) is 3.60. The number of non-ortho nitro benzene ring substituents is 1. The van der Waals surface area contributed by atoms with Gasteiger partial charge in [0.05, 0.1) is 11.5 Å². The zero-order chi connectivity index (χ0) is 20.4. The van der Waals surface area contributed by atoms with E-state index in [1.807, 2.05) is 19.9 Å².